The molecular formula is C25H30N8OS. The third-order valence-electron chi connectivity index (χ3n) is 5.66. The van der Waals surface area contributed by atoms with Crippen molar-refractivity contribution in [2.45, 2.75) is 32.7 Å². The predicted molar refractivity (Wildman–Crippen MR) is 140 cm³/mol. The number of nitrogens with zero attached hydrogens (tertiary/aromatic N) is 6. The maximum absolute atomic E-state index is 12.0. The van der Waals surface area contributed by atoms with E-state index in [0.29, 0.717) is 23.4 Å². The van der Waals surface area contributed by atoms with Crippen molar-refractivity contribution in [1.82, 2.24) is 19.9 Å². The molecule has 0 atom stereocenters. The van der Waals surface area contributed by atoms with E-state index in [1.165, 1.54) is 22.9 Å². The van der Waals surface area contributed by atoms with Crippen LogP contribution in [0.1, 0.15) is 36.1 Å². The molecule has 0 aliphatic carbocycles. The first kappa shape index (κ1) is 24.6. The molecule has 10 heteroatoms. The molecule has 1 aromatic carbocycles. The van der Waals surface area contributed by atoms with Gasteiger partial charge in [-0.2, -0.15) is 14.6 Å². The van der Waals surface area contributed by atoms with Gasteiger partial charge in [-0.3, -0.25) is 0 Å². The molecule has 35 heavy (non-hydrogen) atoms. The Labute approximate surface area is 206 Å². The standard InChI is InChI=1S/C25H30N8OS/c1-16-10-19(11-17-14-33(4)15-25(2,3)22(16)17)28-24-27-13-18(12-26)23(31-24)30-20-8-7-9-21(29-20)32-35(5,6)34/h7-11,13H,14-15H2,1-6H3,(H2,27,28,29,30,31). The summed E-state index contributed by atoms with van der Waals surface area (Å²) >= 11 is 0. The zero-order chi connectivity index (χ0) is 25.4. The van der Waals surface area contributed by atoms with Crippen LogP contribution in [0.5, 0.6) is 0 Å². The van der Waals surface area contributed by atoms with Crippen LogP contribution >= 0.6 is 0 Å². The van der Waals surface area contributed by atoms with Gasteiger partial charge in [0.05, 0.1) is 6.20 Å². The average molecular weight is 491 g/mol. The Kier molecular flexibility index (Phi) is 6.49. The number of aromatic nitrogens is 3. The van der Waals surface area contributed by atoms with Crippen molar-refractivity contribution in [2.75, 3.05) is 36.7 Å². The maximum atomic E-state index is 12.0. The summed E-state index contributed by atoms with van der Waals surface area (Å²) in [5.74, 6) is 1.46. The molecule has 3 heterocycles. The zero-order valence-corrected chi connectivity index (χ0v) is 21.7. The van der Waals surface area contributed by atoms with Crippen molar-refractivity contribution in [3.8, 4) is 6.07 Å². The Morgan fingerprint density at radius 2 is 1.97 bits per heavy atom. The number of hydrogen-bond donors (Lipinski definition) is 2. The number of fused-ring (bicyclic) bond motifs is 1. The SMILES string of the molecule is Cc1cc(Nc2ncc(C#N)c(Nc3cccc(N=S(C)(C)=O)n3)n2)cc2c1C(C)(C)CN(C)C2. The van der Waals surface area contributed by atoms with Crippen LogP contribution in [0.25, 0.3) is 0 Å². The topological polar surface area (TPSA) is 119 Å². The molecule has 1 aliphatic rings. The minimum absolute atomic E-state index is 0.0730. The quantitative estimate of drug-likeness (QED) is 0.532. The van der Waals surface area contributed by atoms with Crippen molar-refractivity contribution in [1.29, 1.82) is 5.26 Å². The van der Waals surface area contributed by atoms with Crippen LogP contribution in [0.15, 0.2) is 40.9 Å². The fourth-order valence-corrected chi connectivity index (χ4v) is 5.32. The fourth-order valence-electron chi connectivity index (χ4n) is 4.76. The van der Waals surface area contributed by atoms with E-state index in [9.17, 15) is 9.47 Å². The number of likely N-dealkylation sites (N-methyl/N-ethyl adjacent to an activating group) is 1. The Bertz CT molecular complexity index is 1440. The molecule has 0 saturated heterocycles. The highest BCUT2D eigenvalue weighted by molar-refractivity contribution is 7.92. The van der Waals surface area contributed by atoms with Gasteiger partial charge in [0.1, 0.15) is 17.5 Å². The highest BCUT2D eigenvalue weighted by Gasteiger charge is 2.31. The number of hydrogen-bond acceptors (Lipinski definition) is 9. The maximum Gasteiger partial charge on any atom is 0.229 e. The minimum Gasteiger partial charge on any atom is -0.324 e. The van der Waals surface area contributed by atoms with Crippen molar-refractivity contribution < 1.29 is 4.21 Å². The average Bonchev–Trinajstić information content (AvgIpc) is 2.71. The van der Waals surface area contributed by atoms with E-state index in [0.717, 1.165) is 18.8 Å². The molecule has 0 fully saturated rings. The summed E-state index contributed by atoms with van der Waals surface area (Å²) < 4.78 is 16.1. The molecule has 0 bridgehead atoms. The molecule has 4 rings (SSSR count). The van der Waals surface area contributed by atoms with Gasteiger partial charge in [-0.05, 0) is 54.9 Å². The molecule has 0 saturated carbocycles. The second-order valence-corrected chi connectivity index (χ2v) is 12.4. The summed E-state index contributed by atoms with van der Waals surface area (Å²) in [6.07, 6.45) is 4.57. The van der Waals surface area contributed by atoms with Crippen molar-refractivity contribution in [3.63, 3.8) is 0 Å². The lowest BCUT2D eigenvalue weighted by molar-refractivity contribution is 0.235. The number of aryl methyl sites for hydroxylation is 1. The van der Waals surface area contributed by atoms with Gasteiger partial charge < -0.3 is 15.5 Å². The highest BCUT2D eigenvalue weighted by Crippen LogP contribution is 2.37. The van der Waals surface area contributed by atoms with Crippen LogP contribution in [-0.2, 0) is 21.7 Å². The number of pyridine rings is 1. The van der Waals surface area contributed by atoms with Crippen LogP contribution in [0.3, 0.4) is 0 Å². The number of nitriles is 1. The van der Waals surface area contributed by atoms with Gasteiger partial charge >= 0.3 is 0 Å². The summed E-state index contributed by atoms with van der Waals surface area (Å²) in [5, 5.41) is 15.9. The van der Waals surface area contributed by atoms with Gasteiger partial charge in [-0.25, -0.2) is 14.2 Å². The van der Waals surface area contributed by atoms with Crippen LogP contribution in [0.2, 0.25) is 0 Å². The Morgan fingerprint density at radius 3 is 2.69 bits per heavy atom. The van der Waals surface area contributed by atoms with Gasteiger partial charge in [0.15, 0.2) is 11.6 Å². The Hall–Kier alpha value is -3.55. The van der Waals surface area contributed by atoms with Crippen molar-refractivity contribution in [2.24, 2.45) is 4.36 Å². The van der Waals surface area contributed by atoms with Crippen LogP contribution in [0, 0.1) is 18.3 Å². The van der Waals surface area contributed by atoms with E-state index in [-0.39, 0.29) is 11.0 Å². The largest absolute Gasteiger partial charge is 0.324 e. The van der Waals surface area contributed by atoms with Crippen LogP contribution in [-0.4, -0.2) is 50.2 Å². The summed E-state index contributed by atoms with van der Waals surface area (Å²) in [6, 6.07) is 11.5. The van der Waals surface area contributed by atoms with Crippen LogP contribution < -0.4 is 10.6 Å². The third-order valence-corrected chi connectivity index (χ3v) is 6.29. The summed E-state index contributed by atoms with van der Waals surface area (Å²) in [5.41, 5.74) is 5.14. The Morgan fingerprint density at radius 1 is 1.20 bits per heavy atom. The predicted octanol–water partition coefficient (Wildman–Crippen LogP) is 4.62. The van der Waals surface area contributed by atoms with Gasteiger partial charge in [0.2, 0.25) is 5.95 Å². The molecule has 1 aliphatic heterocycles. The molecule has 0 unspecified atom stereocenters. The van der Waals surface area contributed by atoms with Gasteiger partial charge in [0.25, 0.3) is 0 Å². The second kappa shape index (κ2) is 9.24. The van der Waals surface area contributed by atoms with Gasteiger partial charge in [0, 0.05) is 46.4 Å². The third kappa shape index (κ3) is 5.75. The number of benzene rings is 1. The molecule has 0 spiro atoms. The molecular weight excluding hydrogens is 460 g/mol. The molecule has 2 aromatic heterocycles. The first-order chi connectivity index (χ1) is 16.4. The number of rotatable bonds is 5. The first-order valence-electron chi connectivity index (χ1n) is 11.2. The van der Waals surface area contributed by atoms with Gasteiger partial charge in [-0.15, -0.1) is 0 Å². The van der Waals surface area contributed by atoms with E-state index in [4.69, 9.17) is 0 Å². The van der Waals surface area contributed by atoms with E-state index >= 15 is 0 Å². The lowest BCUT2D eigenvalue weighted by atomic mass is 9.76. The molecule has 3 aromatic rings. The monoisotopic (exact) mass is 490 g/mol. The lowest BCUT2D eigenvalue weighted by Gasteiger charge is -2.39. The lowest BCUT2D eigenvalue weighted by Crippen LogP contribution is -2.40. The zero-order valence-electron chi connectivity index (χ0n) is 20.9. The second-order valence-electron chi connectivity index (χ2n) is 9.85. The smallest absolute Gasteiger partial charge is 0.229 e. The summed E-state index contributed by atoms with van der Waals surface area (Å²) in [6.45, 7) is 8.58. The molecule has 0 amide bonds. The molecule has 0 radical (unpaired) electrons. The molecule has 182 valence electrons. The minimum atomic E-state index is -2.35. The van der Waals surface area contributed by atoms with E-state index in [2.05, 4.69) is 80.9 Å². The summed E-state index contributed by atoms with van der Waals surface area (Å²) in [4.78, 5) is 15.6. The molecule has 2 N–H and O–H groups in total. The summed E-state index contributed by atoms with van der Waals surface area (Å²) in [7, 11) is -0.212. The van der Waals surface area contributed by atoms with E-state index in [1.54, 1.807) is 30.7 Å². The first-order valence-corrected chi connectivity index (χ1v) is 13.5. The number of nitrogens with one attached hydrogen (secondary N) is 2. The van der Waals surface area contributed by atoms with E-state index < -0.39 is 9.73 Å². The molecule has 9 nitrogen and oxygen atoms in total. The van der Waals surface area contributed by atoms with Gasteiger partial charge in [-0.1, -0.05) is 19.9 Å². The number of anilines is 4. The van der Waals surface area contributed by atoms with Crippen molar-refractivity contribution in [3.05, 3.63) is 58.8 Å². The Balaban J connectivity index is 1.64. The van der Waals surface area contributed by atoms with E-state index in [1.807, 2.05) is 0 Å². The van der Waals surface area contributed by atoms with Crippen LogP contribution in [0.4, 0.5) is 29.1 Å². The van der Waals surface area contributed by atoms with Crippen molar-refractivity contribution >= 4 is 38.8 Å². The normalized spacial score (nSPS) is 15.1. The highest BCUT2D eigenvalue weighted by atomic mass is 32.2. The fraction of sp³-hybridized carbons (Fsp3) is 0.360.